The van der Waals surface area contributed by atoms with Crippen molar-refractivity contribution in [2.45, 2.75) is 31.5 Å². The molecule has 1 saturated heterocycles. The highest BCUT2D eigenvalue weighted by atomic mass is 16.5. The minimum absolute atomic E-state index is 0.0936. The number of aliphatic hydroxyl groups excluding tert-OH is 1. The van der Waals surface area contributed by atoms with Gasteiger partial charge in [0.05, 0.1) is 25.9 Å². The molecule has 2 fully saturated rings. The summed E-state index contributed by atoms with van der Waals surface area (Å²) < 4.78 is 11.2. The third kappa shape index (κ3) is 4.36. The molecule has 0 unspecified atom stereocenters. The largest absolute Gasteiger partial charge is 0.497 e. The highest BCUT2D eigenvalue weighted by Gasteiger charge is 2.56. The van der Waals surface area contributed by atoms with Crippen molar-refractivity contribution in [1.29, 1.82) is 0 Å². The predicted octanol–water partition coefficient (Wildman–Crippen LogP) is 2.02. The van der Waals surface area contributed by atoms with E-state index in [2.05, 4.69) is 10.2 Å². The Morgan fingerprint density at radius 2 is 2.11 bits per heavy atom. The molecule has 2 atom stereocenters. The number of hydrogen-bond donors (Lipinski definition) is 2. The van der Waals surface area contributed by atoms with E-state index in [0.29, 0.717) is 37.6 Å². The molecule has 0 bridgehead atoms. The third-order valence-electron chi connectivity index (χ3n) is 5.90. The molecule has 1 saturated carbocycles. The highest BCUT2D eigenvalue weighted by Crippen LogP contribution is 2.51. The van der Waals surface area contributed by atoms with Gasteiger partial charge in [-0.15, -0.1) is 0 Å². The van der Waals surface area contributed by atoms with E-state index in [1.165, 1.54) is 0 Å². The topological polar surface area (TPSA) is 74.3 Å². The smallest absolute Gasteiger partial charge is 0.321 e. The minimum Gasteiger partial charge on any atom is -0.497 e. The van der Waals surface area contributed by atoms with Gasteiger partial charge >= 0.3 is 6.03 Å². The first-order chi connectivity index (χ1) is 12.9. The van der Waals surface area contributed by atoms with Crippen LogP contribution in [0.1, 0.15) is 19.3 Å². The van der Waals surface area contributed by atoms with E-state index in [-0.39, 0.29) is 23.7 Å². The van der Waals surface area contributed by atoms with E-state index in [4.69, 9.17) is 9.47 Å². The molecule has 150 valence electrons. The van der Waals surface area contributed by atoms with Crippen LogP contribution in [-0.2, 0) is 4.74 Å². The fourth-order valence-electron chi connectivity index (χ4n) is 4.02. The fourth-order valence-corrected chi connectivity index (χ4v) is 4.02. The Kier molecular flexibility index (Phi) is 6.24. The maximum Gasteiger partial charge on any atom is 0.321 e. The number of likely N-dealkylation sites (N-methyl/N-ethyl adjacent to an activating group) is 1. The number of hydrogen-bond acceptors (Lipinski definition) is 5. The average Bonchev–Trinajstić information content (AvgIpc) is 2.67. The number of carbonyl (C=O) groups excluding carboxylic acids is 1. The summed E-state index contributed by atoms with van der Waals surface area (Å²) in [5, 5.41) is 13.3. The van der Waals surface area contributed by atoms with E-state index in [9.17, 15) is 9.90 Å². The number of amides is 2. The lowest BCUT2D eigenvalue weighted by atomic mass is 9.58. The molecule has 7 heteroatoms. The number of aliphatic hydroxyl groups is 1. The number of anilines is 1. The standard InChI is InChI=1S/C20H31N3O4/c1-22(2)11-12-27-18-14-17(24)20(18)7-9-23(10-8-20)19(25)21-15-5-4-6-16(13-15)26-3/h4-6,13,17-18,24H,7-12,14H2,1-3H3,(H,21,25)/t17-,18+/m1/s1. The average molecular weight is 377 g/mol. The second-order valence-corrected chi connectivity index (χ2v) is 7.80. The molecular formula is C20H31N3O4. The summed E-state index contributed by atoms with van der Waals surface area (Å²) in [5.74, 6) is 0.709. The van der Waals surface area contributed by atoms with Crippen molar-refractivity contribution in [1.82, 2.24) is 9.80 Å². The molecule has 1 aliphatic carbocycles. The van der Waals surface area contributed by atoms with Gasteiger partial charge in [-0.1, -0.05) is 6.07 Å². The van der Waals surface area contributed by atoms with Crippen molar-refractivity contribution >= 4 is 11.7 Å². The summed E-state index contributed by atoms with van der Waals surface area (Å²) in [4.78, 5) is 16.5. The predicted molar refractivity (Wildman–Crippen MR) is 104 cm³/mol. The number of rotatable bonds is 6. The maximum absolute atomic E-state index is 12.6. The number of carbonyl (C=O) groups is 1. The van der Waals surface area contributed by atoms with E-state index in [1.807, 2.05) is 37.2 Å². The Balaban J connectivity index is 1.52. The van der Waals surface area contributed by atoms with E-state index in [1.54, 1.807) is 13.2 Å². The summed E-state index contributed by atoms with van der Waals surface area (Å²) in [5.41, 5.74) is 0.521. The zero-order valence-corrected chi connectivity index (χ0v) is 16.5. The lowest BCUT2D eigenvalue weighted by Gasteiger charge is -2.56. The molecule has 1 aromatic carbocycles. The molecule has 2 aliphatic rings. The molecule has 1 aromatic rings. The van der Waals surface area contributed by atoms with Crippen LogP contribution in [0.5, 0.6) is 5.75 Å². The van der Waals surface area contributed by atoms with Crippen molar-refractivity contribution in [2.75, 3.05) is 52.8 Å². The molecule has 2 amide bonds. The van der Waals surface area contributed by atoms with Crippen LogP contribution in [0.4, 0.5) is 10.5 Å². The normalized spacial score (nSPS) is 24.0. The number of ether oxygens (including phenoxy) is 2. The van der Waals surface area contributed by atoms with Gasteiger partial charge in [-0.25, -0.2) is 4.79 Å². The van der Waals surface area contributed by atoms with Gasteiger partial charge in [0, 0.05) is 43.2 Å². The Morgan fingerprint density at radius 3 is 2.74 bits per heavy atom. The fraction of sp³-hybridized carbons (Fsp3) is 0.650. The van der Waals surface area contributed by atoms with Crippen molar-refractivity contribution < 1.29 is 19.4 Å². The molecule has 7 nitrogen and oxygen atoms in total. The van der Waals surface area contributed by atoms with Gasteiger partial charge in [-0.2, -0.15) is 0 Å². The number of nitrogens with zero attached hydrogens (tertiary/aromatic N) is 2. The first-order valence-electron chi connectivity index (χ1n) is 9.59. The minimum atomic E-state index is -0.328. The Hall–Kier alpha value is -1.83. The van der Waals surface area contributed by atoms with E-state index in [0.717, 1.165) is 19.4 Å². The zero-order valence-electron chi connectivity index (χ0n) is 16.5. The molecule has 1 heterocycles. The molecule has 3 rings (SSSR count). The van der Waals surface area contributed by atoms with Crippen LogP contribution in [0.2, 0.25) is 0 Å². The zero-order chi connectivity index (χ0) is 19.4. The molecule has 1 spiro atoms. The second-order valence-electron chi connectivity index (χ2n) is 7.80. The first-order valence-corrected chi connectivity index (χ1v) is 9.59. The highest BCUT2D eigenvalue weighted by molar-refractivity contribution is 5.89. The summed E-state index contributed by atoms with van der Waals surface area (Å²) in [6, 6.07) is 7.22. The number of benzene rings is 1. The van der Waals surface area contributed by atoms with Gasteiger partial charge in [-0.3, -0.25) is 0 Å². The van der Waals surface area contributed by atoms with E-state index >= 15 is 0 Å². The van der Waals surface area contributed by atoms with Gasteiger partial charge in [0.25, 0.3) is 0 Å². The summed E-state index contributed by atoms with van der Waals surface area (Å²) >= 11 is 0. The lowest BCUT2D eigenvalue weighted by Crippen LogP contribution is -2.63. The summed E-state index contributed by atoms with van der Waals surface area (Å²) in [6.45, 7) is 2.80. The van der Waals surface area contributed by atoms with Crippen molar-refractivity contribution in [3.05, 3.63) is 24.3 Å². The first kappa shape index (κ1) is 19.9. The van der Waals surface area contributed by atoms with Crippen LogP contribution in [0.3, 0.4) is 0 Å². The van der Waals surface area contributed by atoms with Crippen LogP contribution in [0, 0.1) is 5.41 Å². The Bertz CT molecular complexity index is 644. The van der Waals surface area contributed by atoms with Gasteiger partial charge in [-0.05, 0) is 39.1 Å². The number of urea groups is 1. The quantitative estimate of drug-likeness (QED) is 0.793. The van der Waals surface area contributed by atoms with E-state index < -0.39 is 0 Å². The van der Waals surface area contributed by atoms with Crippen LogP contribution in [0.25, 0.3) is 0 Å². The monoisotopic (exact) mass is 377 g/mol. The van der Waals surface area contributed by atoms with Gasteiger partial charge in [0.2, 0.25) is 0 Å². The number of methoxy groups -OCH3 is 1. The molecule has 2 N–H and O–H groups in total. The Morgan fingerprint density at radius 1 is 1.37 bits per heavy atom. The van der Waals surface area contributed by atoms with Crippen LogP contribution in [-0.4, -0.2) is 80.6 Å². The molecule has 0 radical (unpaired) electrons. The van der Waals surface area contributed by atoms with Crippen molar-refractivity contribution in [3.63, 3.8) is 0 Å². The van der Waals surface area contributed by atoms with Crippen LogP contribution in [0.15, 0.2) is 24.3 Å². The molecule has 27 heavy (non-hydrogen) atoms. The Labute approximate surface area is 161 Å². The summed E-state index contributed by atoms with van der Waals surface area (Å²) in [7, 11) is 5.65. The molecule has 1 aliphatic heterocycles. The SMILES string of the molecule is COc1cccc(NC(=O)N2CCC3(CC2)[C@H](O)C[C@@H]3OCCN(C)C)c1. The van der Waals surface area contributed by atoms with Crippen molar-refractivity contribution in [2.24, 2.45) is 5.41 Å². The van der Waals surface area contributed by atoms with Crippen LogP contribution >= 0.6 is 0 Å². The van der Waals surface area contributed by atoms with Crippen LogP contribution < -0.4 is 10.1 Å². The van der Waals surface area contributed by atoms with Crippen molar-refractivity contribution in [3.8, 4) is 5.75 Å². The van der Waals surface area contributed by atoms with Gasteiger partial charge in [0.15, 0.2) is 0 Å². The number of nitrogens with one attached hydrogen (secondary N) is 1. The lowest BCUT2D eigenvalue weighted by molar-refractivity contribution is -0.209. The maximum atomic E-state index is 12.6. The van der Waals surface area contributed by atoms with Gasteiger partial charge < -0.3 is 29.7 Å². The molecule has 0 aromatic heterocycles. The second kappa shape index (κ2) is 8.46. The summed E-state index contributed by atoms with van der Waals surface area (Å²) in [6.07, 6.45) is 2.00. The van der Waals surface area contributed by atoms with Gasteiger partial charge in [0.1, 0.15) is 5.75 Å². The third-order valence-corrected chi connectivity index (χ3v) is 5.90. The number of likely N-dealkylation sites (tertiary alicyclic amines) is 1. The number of piperidine rings is 1. The molecular weight excluding hydrogens is 346 g/mol.